The second kappa shape index (κ2) is 14.2. The Bertz CT molecular complexity index is 1480. The van der Waals surface area contributed by atoms with E-state index in [1.807, 2.05) is 46.8 Å². The van der Waals surface area contributed by atoms with Gasteiger partial charge in [-0.25, -0.2) is 8.42 Å². The Morgan fingerprint density at radius 1 is 0.927 bits per heavy atom. The number of anilines is 1. The summed E-state index contributed by atoms with van der Waals surface area (Å²) in [6, 6.07) is 17.6. The molecule has 7 nitrogen and oxygen atoms in total. The molecule has 3 aromatic carbocycles. The molecule has 1 unspecified atom stereocenters. The second-order valence-electron chi connectivity index (χ2n) is 10.2. The van der Waals surface area contributed by atoms with Gasteiger partial charge in [0.05, 0.1) is 20.6 Å². The lowest BCUT2D eigenvalue weighted by Crippen LogP contribution is -2.53. The largest absolute Gasteiger partial charge is 0.352 e. The van der Waals surface area contributed by atoms with E-state index in [2.05, 4.69) is 5.32 Å². The average molecular weight is 619 g/mol. The number of aryl methyl sites for hydroxylation is 2. The van der Waals surface area contributed by atoms with E-state index in [4.69, 9.17) is 23.2 Å². The number of hydrogen-bond acceptors (Lipinski definition) is 4. The summed E-state index contributed by atoms with van der Waals surface area (Å²) in [7, 11) is -4.14. The molecule has 0 heterocycles. The fraction of sp³-hybridized carbons (Fsp3) is 0.355. The number of halogens is 2. The van der Waals surface area contributed by atoms with Crippen LogP contribution in [0, 0.1) is 6.92 Å². The van der Waals surface area contributed by atoms with Crippen molar-refractivity contribution in [2.75, 3.05) is 10.8 Å². The van der Waals surface area contributed by atoms with Gasteiger partial charge in [-0.15, -0.1) is 0 Å². The molecule has 1 atom stereocenters. The molecule has 10 heteroatoms. The SMILES string of the molecule is CCc1ccccc1N(CC(=O)N(Cc1ccc(Cl)c(Cl)c1)C(CC)C(=O)NC(C)C)S(=O)(=O)c1ccc(C)cc1. The van der Waals surface area contributed by atoms with Crippen LogP contribution >= 0.6 is 23.2 Å². The van der Waals surface area contributed by atoms with Crippen LogP contribution in [-0.2, 0) is 32.6 Å². The molecule has 3 rings (SSSR count). The maximum atomic E-state index is 14.2. The third kappa shape index (κ3) is 8.03. The molecule has 0 spiro atoms. The van der Waals surface area contributed by atoms with Gasteiger partial charge in [-0.1, -0.05) is 79.0 Å². The zero-order valence-corrected chi connectivity index (χ0v) is 26.4. The summed E-state index contributed by atoms with van der Waals surface area (Å²) in [5.41, 5.74) is 2.76. The van der Waals surface area contributed by atoms with E-state index in [1.165, 1.54) is 17.0 Å². The lowest BCUT2D eigenvalue weighted by atomic mass is 10.1. The first-order chi connectivity index (χ1) is 19.4. The molecule has 0 aliphatic heterocycles. The molecule has 0 aromatic heterocycles. The zero-order chi connectivity index (χ0) is 30.3. The van der Waals surface area contributed by atoms with Crippen molar-refractivity contribution in [3.63, 3.8) is 0 Å². The Balaban J connectivity index is 2.11. The standard InChI is InChI=1S/C31H37Cl2N3O4S/c1-6-24-10-8-9-11-29(24)36(41(39,40)25-15-12-22(5)13-16-25)20-30(37)35(28(7-2)31(38)34-21(3)4)19-23-14-17-26(32)27(33)18-23/h8-18,21,28H,6-7,19-20H2,1-5H3,(H,34,38). The van der Waals surface area contributed by atoms with Crippen molar-refractivity contribution in [2.24, 2.45) is 0 Å². The summed E-state index contributed by atoms with van der Waals surface area (Å²) < 4.78 is 29.3. The molecule has 0 saturated carbocycles. The number of hydrogen-bond donors (Lipinski definition) is 1. The maximum absolute atomic E-state index is 14.2. The van der Waals surface area contributed by atoms with Crippen LogP contribution in [0.2, 0.25) is 10.0 Å². The van der Waals surface area contributed by atoms with Gasteiger partial charge >= 0.3 is 0 Å². The van der Waals surface area contributed by atoms with Gasteiger partial charge in [-0.3, -0.25) is 13.9 Å². The van der Waals surface area contributed by atoms with Crippen molar-refractivity contribution in [3.05, 3.63) is 93.5 Å². The minimum atomic E-state index is -4.14. The molecule has 41 heavy (non-hydrogen) atoms. The topological polar surface area (TPSA) is 86.8 Å². The Morgan fingerprint density at radius 2 is 1.59 bits per heavy atom. The van der Waals surface area contributed by atoms with Crippen molar-refractivity contribution >= 4 is 50.7 Å². The lowest BCUT2D eigenvalue weighted by molar-refractivity contribution is -0.140. The number of sulfonamides is 1. The van der Waals surface area contributed by atoms with Crippen molar-refractivity contribution < 1.29 is 18.0 Å². The van der Waals surface area contributed by atoms with Gasteiger partial charge in [-0.2, -0.15) is 0 Å². The molecule has 0 bridgehead atoms. The van der Waals surface area contributed by atoms with Crippen LogP contribution in [0.5, 0.6) is 0 Å². The van der Waals surface area contributed by atoms with Crippen LogP contribution in [-0.4, -0.2) is 43.8 Å². The highest BCUT2D eigenvalue weighted by Gasteiger charge is 2.34. The van der Waals surface area contributed by atoms with Gasteiger partial charge in [0, 0.05) is 12.6 Å². The highest BCUT2D eigenvalue weighted by Crippen LogP contribution is 2.29. The Morgan fingerprint density at radius 3 is 2.17 bits per heavy atom. The van der Waals surface area contributed by atoms with Crippen molar-refractivity contribution in [1.82, 2.24) is 10.2 Å². The van der Waals surface area contributed by atoms with Gasteiger partial charge in [-0.05, 0) is 75.1 Å². The highest BCUT2D eigenvalue weighted by molar-refractivity contribution is 7.92. The molecule has 2 amide bonds. The molecule has 0 saturated heterocycles. The normalized spacial score (nSPS) is 12.2. The predicted molar refractivity (Wildman–Crippen MR) is 166 cm³/mol. The fourth-order valence-corrected chi connectivity index (χ4v) is 6.31. The number of para-hydroxylation sites is 1. The Hall–Kier alpha value is -3.07. The summed E-state index contributed by atoms with van der Waals surface area (Å²) in [5, 5.41) is 3.57. The van der Waals surface area contributed by atoms with Crippen molar-refractivity contribution in [3.8, 4) is 0 Å². The van der Waals surface area contributed by atoms with Gasteiger partial charge in [0.25, 0.3) is 10.0 Å². The third-order valence-corrected chi connectivity index (χ3v) is 9.20. The zero-order valence-electron chi connectivity index (χ0n) is 24.0. The summed E-state index contributed by atoms with van der Waals surface area (Å²) in [6.07, 6.45) is 0.882. The first kappa shape index (κ1) is 32.4. The fourth-order valence-electron chi connectivity index (χ4n) is 4.54. The highest BCUT2D eigenvalue weighted by atomic mass is 35.5. The molecular formula is C31H37Cl2N3O4S. The summed E-state index contributed by atoms with van der Waals surface area (Å²) in [6.45, 7) is 8.83. The number of amides is 2. The minimum Gasteiger partial charge on any atom is -0.352 e. The van der Waals surface area contributed by atoms with Crippen LogP contribution in [0.15, 0.2) is 71.6 Å². The van der Waals surface area contributed by atoms with Crippen LogP contribution in [0.4, 0.5) is 5.69 Å². The monoisotopic (exact) mass is 617 g/mol. The quantitative estimate of drug-likeness (QED) is 0.255. The van der Waals surface area contributed by atoms with Gasteiger partial charge in [0.2, 0.25) is 11.8 Å². The Labute approximate surface area is 253 Å². The van der Waals surface area contributed by atoms with E-state index >= 15 is 0 Å². The van der Waals surface area contributed by atoms with E-state index in [-0.39, 0.29) is 23.4 Å². The maximum Gasteiger partial charge on any atom is 0.264 e. The summed E-state index contributed by atoms with van der Waals surface area (Å²) >= 11 is 12.4. The van der Waals surface area contributed by atoms with Crippen LogP contribution < -0.4 is 9.62 Å². The van der Waals surface area contributed by atoms with Crippen molar-refractivity contribution in [1.29, 1.82) is 0 Å². The smallest absolute Gasteiger partial charge is 0.264 e. The Kier molecular flexibility index (Phi) is 11.2. The molecule has 3 aromatic rings. The second-order valence-corrected chi connectivity index (χ2v) is 12.8. The lowest BCUT2D eigenvalue weighted by Gasteiger charge is -2.34. The van der Waals surface area contributed by atoms with Gasteiger partial charge in [0.1, 0.15) is 12.6 Å². The molecule has 0 radical (unpaired) electrons. The summed E-state index contributed by atoms with van der Waals surface area (Å²) in [4.78, 5) is 28.9. The molecule has 1 N–H and O–H groups in total. The predicted octanol–water partition coefficient (Wildman–Crippen LogP) is 6.39. The number of carbonyl (C=O) groups is 2. The first-order valence-electron chi connectivity index (χ1n) is 13.6. The molecule has 0 fully saturated rings. The van der Waals surface area contributed by atoms with Crippen LogP contribution in [0.1, 0.15) is 50.8 Å². The number of nitrogens with one attached hydrogen (secondary N) is 1. The number of carbonyl (C=O) groups excluding carboxylic acids is 2. The van der Waals surface area contributed by atoms with Gasteiger partial charge < -0.3 is 10.2 Å². The van der Waals surface area contributed by atoms with E-state index in [1.54, 1.807) is 42.5 Å². The molecule has 220 valence electrons. The van der Waals surface area contributed by atoms with Crippen LogP contribution in [0.3, 0.4) is 0 Å². The van der Waals surface area contributed by atoms with Crippen LogP contribution in [0.25, 0.3) is 0 Å². The minimum absolute atomic E-state index is 0.0353. The number of nitrogens with zero attached hydrogens (tertiary/aromatic N) is 2. The molecule has 0 aliphatic rings. The average Bonchev–Trinajstić information content (AvgIpc) is 2.93. The molecular weight excluding hydrogens is 581 g/mol. The third-order valence-electron chi connectivity index (χ3n) is 6.68. The van der Waals surface area contributed by atoms with E-state index in [9.17, 15) is 18.0 Å². The van der Waals surface area contributed by atoms with Crippen molar-refractivity contribution in [2.45, 2.75) is 71.0 Å². The number of rotatable bonds is 12. The number of benzene rings is 3. The van der Waals surface area contributed by atoms with E-state index in [0.29, 0.717) is 34.1 Å². The van der Waals surface area contributed by atoms with E-state index in [0.717, 1.165) is 15.4 Å². The summed E-state index contributed by atoms with van der Waals surface area (Å²) in [5.74, 6) is -0.846. The molecule has 0 aliphatic carbocycles. The van der Waals surface area contributed by atoms with E-state index < -0.39 is 28.5 Å². The van der Waals surface area contributed by atoms with Gasteiger partial charge in [0.15, 0.2) is 0 Å². The first-order valence-corrected chi connectivity index (χ1v) is 15.8.